The van der Waals surface area contributed by atoms with Gasteiger partial charge in [0.05, 0.1) is 29.3 Å². The summed E-state index contributed by atoms with van der Waals surface area (Å²) in [7, 11) is 0. The van der Waals surface area contributed by atoms with E-state index in [9.17, 15) is 9.90 Å². The van der Waals surface area contributed by atoms with E-state index in [2.05, 4.69) is 4.98 Å². The highest BCUT2D eigenvalue weighted by molar-refractivity contribution is 7.99. The molecular formula is C23H24N4O3S. The molecule has 0 saturated carbocycles. The van der Waals surface area contributed by atoms with Gasteiger partial charge in [0.15, 0.2) is 0 Å². The Bertz CT molecular complexity index is 1120. The second kappa shape index (κ2) is 8.93. The van der Waals surface area contributed by atoms with E-state index in [4.69, 9.17) is 9.84 Å². The summed E-state index contributed by atoms with van der Waals surface area (Å²) in [5.74, 6) is 0.872. The van der Waals surface area contributed by atoms with Gasteiger partial charge in [0, 0.05) is 12.0 Å². The predicted octanol–water partition coefficient (Wildman–Crippen LogP) is 3.32. The molecule has 1 unspecified atom stereocenters. The number of thioether (sulfide) groups is 1. The van der Waals surface area contributed by atoms with Crippen LogP contribution in [0.3, 0.4) is 0 Å². The fraction of sp³-hybridized carbons (Fsp3) is 0.304. The zero-order chi connectivity index (χ0) is 22.0. The number of rotatable bonds is 6. The molecule has 0 fully saturated rings. The number of ether oxygens (including phenoxy) is 1. The molecule has 7 nitrogen and oxygen atoms in total. The summed E-state index contributed by atoms with van der Waals surface area (Å²) in [6.07, 6.45) is 0.189. The molecule has 1 amide bonds. The standard InChI is InChI=1S/C23H24N4O3S/c1-4-14-30-19-13-9-7-11-17(19)22-26(15(3)28)18-12-8-6-10-16(18)20-21(29)24-23(31-5-2)25-27(20)22/h6-13,22H,4-5,14H2,1-3H3. The van der Waals surface area contributed by atoms with E-state index in [1.54, 1.807) is 9.58 Å². The minimum atomic E-state index is -0.664. The van der Waals surface area contributed by atoms with Crippen molar-refractivity contribution >= 4 is 23.4 Å². The maximum absolute atomic E-state index is 13.1. The molecule has 1 aliphatic heterocycles. The highest BCUT2D eigenvalue weighted by Gasteiger charge is 2.45. The summed E-state index contributed by atoms with van der Waals surface area (Å²) >= 11 is 1.39. The van der Waals surface area contributed by atoms with E-state index < -0.39 is 6.17 Å². The number of aromatic nitrogens is 3. The monoisotopic (exact) mass is 436 g/mol. The molecule has 160 valence electrons. The molecule has 1 aliphatic rings. The van der Waals surface area contributed by atoms with E-state index in [1.807, 2.05) is 62.4 Å². The van der Waals surface area contributed by atoms with Crippen molar-refractivity contribution < 1.29 is 19.3 Å². The van der Waals surface area contributed by atoms with Crippen LogP contribution in [0.5, 0.6) is 11.6 Å². The molecule has 3 aromatic rings. The Morgan fingerprint density at radius 1 is 1.19 bits per heavy atom. The molecule has 0 radical (unpaired) electrons. The molecule has 1 aromatic heterocycles. The highest BCUT2D eigenvalue weighted by atomic mass is 32.2. The lowest BCUT2D eigenvalue weighted by Gasteiger charge is -2.33. The summed E-state index contributed by atoms with van der Waals surface area (Å²) in [5.41, 5.74) is 2.42. The number of carbonyl (C=O) groups excluding carboxylic acids is 1. The Hall–Kier alpha value is -3.13. The lowest BCUT2D eigenvalue weighted by molar-refractivity contribution is -0.764. The first-order valence-corrected chi connectivity index (χ1v) is 11.3. The van der Waals surface area contributed by atoms with Crippen molar-refractivity contribution in [3.8, 4) is 22.9 Å². The third-order valence-corrected chi connectivity index (χ3v) is 5.71. The number of hydrogen-bond donors (Lipinski definition) is 0. The fourth-order valence-corrected chi connectivity index (χ4v) is 4.33. The first-order chi connectivity index (χ1) is 15.1. The van der Waals surface area contributed by atoms with Crippen LogP contribution in [0.15, 0.2) is 53.7 Å². The summed E-state index contributed by atoms with van der Waals surface area (Å²) in [4.78, 5) is 18.8. The molecule has 0 spiro atoms. The van der Waals surface area contributed by atoms with Crippen molar-refractivity contribution in [1.29, 1.82) is 0 Å². The van der Waals surface area contributed by atoms with Gasteiger partial charge in [-0.25, -0.2) is 9.88 Å². The SMILES string of the molecule is CCCOc1ccccc1C1N(C(C)=O)c2ccccc2-c2c([O-])nc(SCC)n[n+]21. The lowest BCUT2D eigenvalue weighted by atomic mass is 10.0. The van der Waals surface area contributed by atoms with Gasteiger partial charge in [0.1, 0.15) is 5.75 Å². The van der Waals surface area contributed by atoms with Gasteiger partial charge in [-0.15, -0.1) is 0 Å². The topological polar surface area (TPSA) is 82.3 Å². The number of benzene rings is 2. The third-order valence-electron chi connectivity index (χ3n) is 4.99. The van der Waals surface area contributed by atoms with Gasteiger partial charge in [-0.3, -0.25) is 4.79 Å². The smallest absolute Gasteiger partial charge is 0.296 e. The van der Waals surface area contributed by atoms with Crippen LogP contribution in [0, 0.1) is 0 Å². The molecule has 1 atom stereocenters. The fourth-order valence-electron chi connectivity index (χ4n) is 3.78. The second-order valence-corrected chi connectivity index (χ2v) is 8.32. The molecular weight excluding hydrogens is 412 g/mol. The van der Waals surface area contributed by atoms with E-state index in [-0.39, 0.29) is 11.8 Å². The predicted molar refractivity (Wildman–Crippen MR) is 117 cm³/mol. The quantitative estimate of drug-likeness (QED) is 0.436. The largest absolute Gasteiger partial charge is 0.854 e. The first kappa shape index (κ1) is 21.1. The number of nitrogens with zero attached hydrogens (tertiary/aromatic N) is 4. The summed E-state index contributed by atoms with van der Waals surface area (Å²) in [6.45, 7) is 6.08. The molecule has 2 heterocycles. The number of hydrogen-bond acceptors (Lipinski definition) is 6. The first-order valence-electron chi connectivity index (χ1n) is 10.3. The Morgan fingerprint density at radius 2 is 1.94 bits per heavy atom. The van der Waals surface area contributed by atoms with Crippen molar-refractivity contribution in [2.75, 3.05) is 17.3 Å². The van der Waals surface area contributed by atoms with E-state index in [1.165, 1.54) is 18.7 Å². The minimum absolute atomic E-state index is 0.156. The number of para-hydroxylation sites is 2. The summed E-state index contributed by atoms with van der Waals surface area (Å²) in [6, 6.07) is 14.9. The van der Waals surface area contributed by atoms with Gasteiger partial charge in [-0.2, -0.15) is 0 Å². The number of fused-ring (bicyclic) bond motifs is 3. The molecule has 4 rings (SSSR count). The van der Waals surface area contributed by atoms with Crippen LogP contribution in [-0.4, -0.2) is 28.3 Å². The van der Waals surface area contributed by atoms with Gasteiger partial charge in [-0.1, -0.05) is 54.6 Å². The van der Waals surface area contributed by atoms with Crippen LogP contribution in [-0.2, 0) is 4.79 Å². The Balaban J connectivity index is 2.02. The van der Waals surface area contributed by atoms with E-state index in [0.29, 0.717) is 34.5 Å². The molecule has 0 aliphatic carbocycles. The highest BCUT2D eigenvalue weighted by Crippen LogP contribution is 2.42. The maximum atomic E-state index is 13.1. The van der Waals surface area contributed by atoms with Gasteiger partial charge >= 0.3 is 0 Å². The average molecular weight is 437 g/mol. The molecule has 31 heavy (non-hydrogen) atoms. The Labute approximate surface area is 185 Å². The summed E-state index contributed by atoms with van der Waals surface area (Å²) in [5, 5.41) is 18.2. The van der Waals surface area contributed by atoms with Crippen molar-refractivity contribution in [3.63, 3.8) is 0 Å². The van der Waals surface area contributed by atoms with Crippen molar-refractivity contribution in [3.05, 3.63) is 54.1 Å². The number of anilines is 1. The van der Waals surface area contributed by atoms with Crippen molar-refractivity contribution in [2.24, 2.45) is 0 Å². The Morgan fingerprint density at radius 3 is 2.68 bits per heavy atom. The third kappa shape index (κ3) is 3.83. The minimum Gasteiger partial charge on any atom is -0.854 e. The van der Waals surface area contributed by atoms with Crippen molar-refractivity contribution in [2.45, 2.75) is 38.5 Å². The lowest BCUT2D eigenvalue weighted by Crippen LogP contribution is -2.58. The van der Waals surface area contributed by atoms with Crippen LogP contribution in [0.25, 0.3) is 11.3 Å². The number of amides is 1. The molecule has 0 saturated heterocycles. The normalized spacial score (nSPS) is 14.7. The van der Waals surface area contributed by atoms with Gasteiger partial charge < -0.3 is 9.84 Å². The molecule has 2 aromatic carbocycles. The van der Waals surface area contributed by atoms with Crippen molar-refractivity contribution in [1.82, 2.24) is 10.1 Å². The molecule has 0 N–H and O–H groups in total. The Kier molecular flexibility index (Phi) is 6.08. The van der Waals surface area contributed by atoms with Crippen LogP contribution < -0.4 is 19.4 Å². The van der Waals surface area contributed by atoms with Gasteiger partial charge in [0.25, 0.3) is 17.0 Å². The molecule has 8 heteroatoms. The average Bonchev–Trinajstić information content (AvgIpc) is 2.76. The summed E-state index contributed by atoms with van der Waals surface area (Å²) < 4.78 is 7.63. The van der Waals surface area contributed by atoms with Crippen LogP contribution >= 0.6 is 11.8 Å². The number of carbonyl (C=O) groups is 1. The van der Waals surface area contributed by atoms with Crippen LogP contribution in [0.4, 0.5) is 5.69 Å². The zero-order valence-corrected chi connectivity index (χ0v) is 18.6. The van der Waals surface area contributed by atoms with Gasteiger partial charge in [-0.05, 0) is 36.4 Å². The van der Waals surface area contributed by atoms with Crippen LogP contribution in [0.2, 0.25) is 0 Å². The second-order valence-electron chi connectivity index (χ2n) is 7.09. The zero-order valence-electron chi connectivity index (χ0n) is 17.7. The van der Waals surface area contributed by atoms with E-state index >= 15 is 0 Å². The van der Waals surface area contributed by atoms with E-state index in [0.717, 1.165) is 17.7 Å². The van der Waals surface area contributed by atoms with Crippen LogP contribution in [0.1, 0.15) is 38.9 Å². The van der Waals surface area contributed by atoms with Gasteiger partial charge in [0.2, 0.25) is 5.91 Å². The molecule has 0 bridgehead atoms. The maximum Gasteiger partial charge on any atom is 0.296 e.